The van der Waals surface area contributed by atoms with Crippen LogP contribution in [0.15, 0.2) is 40.0 Å². The third-order valence-corrected chi connectivity index (χ3v) is 3.29. The Hall–Kier alpha value is -2.18. The molecule has 0 fully saturated rings. The smallest absolute Gasteiger partial charge is 0.320 e. The summed E-state index contributed by atoms with van der Waals surface area (Å²) in [7, 11) is 0. The van der Waals surface area contributed by atoms with E-state index in [1.807, 2.05) is 12.1 Å². The Kier molecular flexibility index (Phi) is 4.49. The lowest BCUT2D eigenvalue weighted by molar-refractivity contribution is -0.388. The van der Waals surface area contributed by atoms with E-state index in [4.69, 9.17) is 5.26 Å². The molecule has 1 aromatic heterocycles. The van der Waals surface area contributed by atoms with Crippen molar-refractivity contribution in [2.24, 2.45) is 0 Å². The lowest BCUT2D eigenvalue weighted by Gasteiger charge is -2.05. The van der Waals surface area contributed by atoms with Gasteiger partial charge in [0.1, 0.15) is 11.6 Å². The first-order valence-corrected chi connectivity index (χ1v) is 6.81. The van der Waals surface area contributed by atoms with Gasteiger partial charge in [-0.1, -0.05) is 15.9 Å². The second kappa shape index (κ2) is 6.31. The summed E-state index contributed by atoms with van der Waals surface area (Å²) >= 11 is 3.94. The number of halogens is 1. The first-order valence-electron chi connectivity index (χ1n) is 5.20. The van der Waals surface area contributed by atoms with E-state index in [1.54, 1.807) is 17.5 Å². The van der Waals surface area contributed by atoms with Crippen LogP contribution in [0.2, 0.25) is 0 Å². The predicted octanol–water partition coefficient (Wildman–Crippen LogP) is 3.46. The van der Waals surface area contributed by atoms with Gasteiger partial charge in [0.15, 0.2) is 5.03 Å². The monoisotopic (exact) mass is 351 g/mol. The van der Waals surface area contributed by atoms with Crippen LogP contribution in [-0.4, -0.2) is 14.9 Å². The fourth-order valence-corrected chi connectivity index (χ4v) is 2.04. The third-order valence-electron chi connectivity index (χ3n) is 2.18. The molecule has 0 radical (unpaired) electrons. The van der Waals surface area contributed by atoms with Crippen LogP contribution in [0.3, 0.4) is 0 Å². The number of nitrogens with zero attached hydrogens (tertiary/aromatic N) is 4. The molecule has 1 aromatic carbocycles. The second-order valence-electron chi connectivity index (χ2n) is 3.47. The highest BCUT2D eigenvalue weighted by Gasteiger charge is 2.17. The molecular weight excluding hydrogens is 346 g/mol. The summed E-state index contributed by atoms with van der Waals surface area (Å²) in [4.78, 5) is 18.0. The quantitative estimate of drug-likeness (QED) is 0.295. The van der Waals surface area contributed by atoms with Crippen molar-refractivity contribution in [2.75, 3.05) is 5.32 Å². The summed E-state index contributed by atoms with van der Waals surface area (Å²) in [6.45, 7) is 0. The Morgan fingerprint density at radius 1 is 1.40 bits per heavy atom. The second-order valence-corrected chi connectivity index (χ2v) is 5.16. The van der Waals surface area contributed by atoms with Crippen LogP contribution in [0.5, 0.6) is 0 Å². The Morgan fingerprint density at radius 3 is 2.70 bits per heavy atom. The van der Waals surface area contributed by atoms with Crippen molar-refractivity contribution in [2.45, 2.75) is 5.03 Å². The van der Waals surface area contributed by atoms with Crippen LogP contribution in [0.4, 0.5) is 17.3 Å². The molecule has 0 aliphatic rings. The Balaban J connectivity index is 2.29. The van der Waals surface area contributed by atoms with Gasteiger partial charge < -0.3 is 5.32 Å². The van der Waals surface area contributed by atoms with Crippen molar-refractivity contribution in [1.29, 1.82) is 5.26 Å². The van der Waals surface area contributed by atoms with Gasteiger partial charge in [0.25, 0.3) is 0 Å². The Bertz CT molecular complexity index is 686. The van der Waals surface area contributed by atoms with Gasteiger partial charge in [-0.25, -0.2) is 4.98 Å². The van der Waals surface area contributed by atoms with Crippen molar-refractivity contribution in [3.63, 3.8) is 0 Å². The molecule has 0 spiro atoms. The largest absolute Gasteiger partial charge is 0.324 e. The summed E-state index contributed by atoms with van der Waals surface area (Å²) in [6, 6.07) is 7.26. The van der Waals surface area contributed by atoms with E-state index < -0.39 is 4.92 Å². The van der Waals surface area contributed by atoms with E-state index in [-0.39, 0.29) is 16.7 Å². The molecule has 0 atom stereocenters. The number of hydrogen-bond acceptors (Lipinski definition) is 7. The fourth-order valence-electron chi connectivity index (χ4n) is 1.33. The number of thioether (sulfide) groups is 1. The zero-order chi connectivity index (χ0) is 14.5. The highest BCUT2D eigenvalue weighted by Crippen LogP contribution is 2.27. The lowest BCUT2D eigenvalue weighted by atomic mass is 10.3. The minimum absolute atomic E-state index is 0.00658. The number of nitro groups is 1. The van der Waals surface area contributed by atoms with E-state index in [9.17, 15) is 10.1 Å². The molecule has 2 rings (SSSR count). The Morgan fingerprint density at radius 2 is 2.10 bits per heavy atom. The molecule has 100 valence electrons. The van der Waals surface area contributed by atoms with Crippen molar-refractivity contribution >= 4 is 45.0 Å². The molecule has 0 aliphatic heterocycles. The van der Waals surface area contributed by atoms with E-state index in [0.29, 0.717) is 11.8 Å². The summed E-state index contributed by atoms with van der Waals surface area (Å²) in [5.74, 6) is 0.190. The first-order chi connectivity index (χ1) is 9.60. The van der Waals surface area contributed by atoms with Gasteiger partial charge in [-0.15, -0.1) is 0 Å². The van der Waals surface area contributed by atoms with Crippen molar-refractivity contribution in [3.05, 3.63) is 45.0 Å². The number of anilines is 2. The number of hydrogen-bond donors (Lipinski definition) is 1. The normalized spacial score (nSPS) is 9.80. The van der Waals surface area contributed by atoms with E-state index in [0.717, 1.165) is 16.4 Å². The number of nitriles is 1. The molecule has 0 unspecified atom stereocenters. The van der Waals surface area contributed by atoms with Gasteiger partial charge in [-0.3, -0.25) is 10.1 Å². The molecule has 7 nitrogen and oxygen atoms in total. The van der Waals surface area contributed by atoms with Gasteiger partial charge >= 0.3 is 5.69 Å². The van der Waals surface area contributed by atoms with Crippen LogP contribution >= 0.6 is 27.7 Å². The number of thiocyanates is 1. The van der Waals surface area contributed by atoms with Gasteiger partial charge in [0.2, 0.25) is 5.95 Å². The maximum Gasteiger partial charge on any atom is 0.320 e. The number of aromatic nitrogens is 2. The Labute approximate surface area is 126 Å². The predicted molar refractivity (Wildman–Crippen MR) is 77.6 cm³/mol. The molecule has 0 saturated carbocycles. The van der Waals surface area contributed by atoms with Gasteiger partial charge in [-0.05, 0) is 24.3 Å². The molecule has 1 N–H and O–H groups in total. The minimum atomic E-state index is -0.622. The van der Waals surface area contributed by atoms with Crippen LogP contribution in [0.1, 0.15) is 0 Å². The van der Waals surface area contributed by atoms with Crippen LogP contribution in [-0.2, 0) is 0 Å². The number of rotatable bonds is 4. The average Bonchev–Trinajstić information content (AvgIpc) is 2.42. The molecule has 0 saturated heterocycles. The highest BCUT2D eigenvalue weighted by molar-refractivity contribution is 9.10. The number of benzene rings is 1. The van der Waals surface area contributed by atoms with E-state index >= 15 is 0 Å². The summed E-state index contributed by atoms with van der Waals surface area (Å²) in [5, 5.41) is 24.1. The number of nitrogens with one attached hydrogen (secondary N) is 1. The highest BCUT2D eigenvalue weighted by atomic mass is 79.9. The molecule has 2 aromatic rings. The third kappa shape index (κ3) is 3.43. The SMILES string of the molecule is N#CSc1nc(Nc2ccc(Br)cc2)ncc1[N+](=O)[O-]. The summed E-state index contributed by atoms with van der Waals surface area (Å²) in [5.41, 5.74) is 0.438. The van der Waals surface area contributed by atoms with Crippen molar-refractivity contribution in [1.82, 2.24) is 9.97 Å². The van der Waals surface area contributed by atoms with E-state index in [1.165, 1.54) is 0 Å². The van der Waals surface area contributed by atoms with Gasteiger partial charge in [-0.2, -0.15) is 10.2 Å². The van der Waals surface area contributed by atoms with Crippen LogP contribution in [0.25, 0.3) is 0 Å². The lowest BCUT2D eigenvalue weighted by Crippen LogP contribution is -2.01. The minimum Gasteiger partial charge on any atom is -0.324 e. The molecule has 0 aliphatic carbocycles. The average molecular weight is 352 g/mol. The fraction of sp³-hybridized carbons (Fsp3) is 0. The van der Waals surface area contributed by atoms with Gasteiger partial charge in [0.05, 0.1) is 4.92 Å². The van der Waals surface area contributed by atoms with E-state index in [2.05, 4.69) is 31.2 Å². The van der Waals surface area contributed by atoms with Crippen LogP contribution < -0.4 is 5.32 Å². The first kappa shape index (κ1) is 14.2. The zero-order valence-electron chi connectivity index (χ0n) is 9.78. The standard InChI is InChI=1S/C11H6BrN5O2S/c12-7-1-3-8(4-2-7)15-11-14-5-9(17(18)19)10(16-11)20-6-13/h1-5H,(H,14,15,16). The van der Waals surface area contributed by atoms with Gasteiger partial charge in [0, 0.05) is 21.9 Å². The molecule has 20 heavy (non-hydrogen) atoms. The zero-order valence-corrected chi connectivity index (χ0v) is 12.2. The van der Waals surface area contributed by atoms with Crippen LogP contribution in [0, 0.1) is 20.8 Å². The molecule has 0 bridgehead atoms. The van der Waals surface area contributed by atoms with Crippen molar-refractivity contribution in [3.8, 4) is 5.40 Å². The molecule has 9 heteroatoms. The topological polar surface area (TPSA) is 105 Å². The summed E-state index contributed by atoms with van der Waals surface area (Å²) in [6.07, 6.45) is 1.08. The van der Waals surface area contributed by atoms with Crippen molar-refractivity contribution < 1.29 is 4.92 Å². The molecule has 1 heterocycles. The molecular formula is C11H6BrN5O2S. The maximum atomic E-state index is 10.8. The summed E-state index contributed by atoms with van der Waals surface area (Å²) < 4.78 is 0.924. The molecule has 0 amide bonds. The maximum absolute atomic E-state index is 10.8.